The summed E-state index contributed by atoms with van der Waals surface area (Å²) in [6.45, 7) is 3.84. The van der Waals surface area contributed by atoms with Gasteiger partial charge in [-0.15, -0.1) is 0 Å². The van der Waals surface area contributed by atoms with Gasteiger partial charge in [0.15, 0.2) is 6.39 Å². The molecule has 1 heterocycles. The van der Waals surface area contributed by atoms with Crippen molar-refractivity contribution in [3.8, 4) is 0 Å². The van der Waals surface area contributed by atoms with Gasteiger partial charge >= 0.3 is 0 Å². The molecule has 1 N–H and O–H groups in total. The third kappa shape index (κ3) is 1.76. The van der Waals surface area contributed by atoms with Crippen molar-refractivity contribution in [3.63, 3.8) is 0 Å². The summed E-state index contributed by atoms with van der Waals surface area (Å²) in [6.07, 6.45) is 2.63. The maximum absolute atomic E-state index is 5.57. The monoisotopic (exact) mass is 228 g/mol. The number of fused-ring (bicyclic) bond motifs is 1. The minimum Gasteiger partial charge on any atom is -0.447 e. The molecule has 0 spiro atoms. The van der Waals surface area contributed by atoms with E-state index in [1.54, 1.807) is 6.39 Å². The van der Waals surface area contributed by atoms with E-state index in [1.165, 1.54) is 11.1 Å². The highest BCUT2D eigenvalue weighted by Gasteiger charge is 2.31. The molecule has 17 heavy (non-hydrogen) atoms. The fourth-order valence-electron chi connectivity index (χ4n) is 2.43. The highest BCUT2D eigenvalue weighted by Crippen LogP contribution is 2.40. The van der Waals surface area contributed by atoms with Crippen molar-refractivity contribution in [3.05, 3.63) is 53.2 Å². The van der Waals surface area contributed by atoms with Gasteiger partial charge in [-0.3, -0.25) is 0 Å². The minimum atomic E-state index is 0.405. The molecule has 0 saturated heterocycles. The molecule has 1 aliphatic carbocycles. The number of nitrogens with zero attached hydrogens (tertiary/aromatic N) is 1. The molecule has 0 amide bonds. The highest BCUT2D eigenvalue weighted by atomic mass is 16.3. The largest absolute Gasteiger partial charge is 0.447 e. The Morgan fingerprint density at radius 2 is 2.29 bits per heavy atom. The van der Waals surface area contributed by atoms with Gasteiger partial charge in [-0.1, -0.05) is 31.2 Å². The number of benzene rings is 1. The molecule has 2 aromatic rings. The Kier molecular flexibility index (Phi) is 2.69. The molecule has 3 heteroatoms. The zero-order valence-corrected chi connectivity index (χ0v) is 9.94. The van der Waals surface area contributed by atoms with Crippen LogP contribution in [0.5, 0.6) is 0 Å². The van der Waals surface area contributed by atoms with Gasteiger partial charge in [-0.25, -0.2) is 4.98 Å². The van der Waals surface area contributed by atoms with Crippen LogP contribution in [0.15, 0.2) is 35.1 Å². The number of nitrogens with one attached hydrogen (secondary N) is 1. The molecule has 0 fully saturated rings. The molecule has 1 aliphatic rings. The first-order chi connectivity index (χ1) is 8.40. The lowest BCUT2D eigenvalue weighted by Gasteiger charge is -2.28. The van der Waals surface area contributed by atoms with Crippen molar-refractivity contribution in [1.82, 2.24) is 10.3 Å². The van der Waals surface area contributed by atoms with Crippen LogP contribution in [0.4, 0.5) is 0 Å². The zero-order valence-electron chi connectivity index (χ0n) is 9.94. The molecule has 0 bridgehead atoms. The topological polar surface area (TPSA) is 38.1 Å². The molecule has 88 valence electrons. The molecule has 0 radical (unpaired) electrons. The van der Waals surface area contributed by atoms with Crippen LogP contribution in [0.25, 0.3) is 0 Å². The number of hydrogen-bond donors (Lipinski definition) is 1. The zero-order chi connectivity index (χ0) is 11.7. The van der Waals surface area contributed by atoms with Gasteiger partial charge in [0.05, 0.1) is 5.69 Å². The van der Waals surface area contributed by atoms with Crippen LogP contribution in [0.1, 0.15) is 35.4 Å². The summed E-state index contributed by atoms with van der Waals surface area (Å²) in [6, 6.07) is 8.55. The first kappa shape index (κ1) is 10.5. The summed E-state index contributed by atoms with van der Waals surface area (Å²) in [5.41, 5.74) is 3.87. The Morgan fingerprint density at radius 3 is 3.12 bits per heavy atom. The minimum absolute atomic E-state index is 0.405. The van der Waals surface area contributed by atoms with Crippen LogP contribution >= 0.6 is 0 Å². The quantitative estimate of drug-likeness (QED) is 0.873. The Labute approximate surface area is 101 Å². The number of oxazole rings is 1. The van der Waals surface area contributed by atoms with Gasteiger partial charge in [0.25, 0.3) is 0 Å². The normalized spacial score (nSPS) is 17.6. The van der Waals surface area contributed by atoms with Crippen molar-refractivity contribution in [2.45, 2.75) is 25.8 Å². The second kappa shape index (κ2) is 4.34. The third-order valence-corrected chi connectivity index (χ3v) is 3.39. The molecule has 0 saturated carbocycles. The molecule has 3 nitrogen and oxygen atoms in total. The van der Waals surface area contributed by atoms with Crippen LogP contribution in [0.2, 0.25) is 0 Å². The van der Waals surface area contributed by atoms with Gasteiger partial charge in [0.2, 0.25) is 0 Å². The van der Waals surface area contributed by atoms with Crippen molar-refractivity contribution >= 4 is 0 Å². The van der Waals surface area contributed by atoms with Gasteiger partial charge in [0, 0.05) is 12.5 Å². The smallest absolute Gasteiger partial charge is 0.181 e. The highest BCUT2D eigenvalue weighted by molar-refractivity contribution is 5.45. The number of rotatable bonds is 4. The Hall–Kier alpha value is -1.61. The maximum Gasteiger partial charge on any atom is 0.181 e. The predicted octanol–water partition coefficient (Wildman–Crippen LogP) is 2.47. The van der Waals surface area contributed by atoms with Gasteiger partial charge < -0.3 is 9.73 Å². The Bertz CT molecular complexity index is 518. The number of aromatic nitrogens is 1. The molecule has 0 aliphatic heterocycles. The van der Waals surface area contributed by atoms with E-state index in [4.69, 9.17) is 4.42 Å². The third-order valence-electron chi connectivity index (χ3n) is 3.39. The van der Waals surface area contributed by atoms with Crippen LogP contribution in [0, 0.1) is 0 Å². The maximum atomic E-state index is 5.57. The number of hydrogen-bond acceptors (Lipinski definition) is 3. The summed E-state index contributed by atoms with van der Waals surface area (Å²) in [5.74, 6) is 1.44. The van der Waals surface area contributed by atoms with E-state index in [1.807, 2.05) is 0 Å². The van der Waals surface area contributed by atoms with E-state index >= 15 is 0 Å². The summed E-state index contributed by atoms with van der Waals surface area (Å²) in [4.78, 5) is 4.30. The van der Waals surface area contributed by atoms with Crippen LogP contribution in [-0.2, 0) is 13.0 Å². The van der Waals surface area contributed by atoms with Gasteiger partial charge in [-0.2, -0.15) is 0 Å². The first-order valence-electron chi connectivity index (χ1n) is 6.11. The van der Waals surface area contributed by atoms with E-state index in [9.17, 15) is 0 Å². The molecule has 3 rings (SSSR count). The predicted molar refractivity (Wildman–Crippen MR) is 65.9 cm³/mol. The van der Waals surface area contributed by atoms with Crippen molar-refractivity contribution in [2.75, 3.05) is 6.54 Å². The van der Waals surface area contributed by atoms with Crippen molar-refractivity contribution < 1.29 is 4.42 Å². The second-order valence-corrected chi connectivity index (χ2v) is 4.40. The molecular weight excluding hydrogens is 212 g/mol. The summed E-state index contributed by atoms with van der Waals surface area (Å²) < 4.78 is 5.57. The van der Waals surface area contributed by atoms with E-state index in [-0.39, 0.29) is 0 Å². The lowest BCUT2D eigenvalue weighted by Crippen LogP contribution is -2.20. The second-order valence-electron chi connectivity index (χ2n) is 4.40. The van der Waals surface area contributed by atoms with E-state index in [0.29, 0.717) is 5.92 Å². The summed E-state index contributed by atoms with van der Waals surface area (Å²) in [7, 11) is 0. The molecule has 1 aromatic heterocycles. The summed E-state index contributed by atoms with van der Waals surface area (Å²) >= 11 is 0. The fraction of sp³-hybridized carbons (Fsp3) is 0.357. The van der Waals surface area contributed by atoms with Crippen molar-refractivity contribution in [1.29, 1.82) is 0 Å². The van der Waals surface area contributed by atoms with Crippen LogP contribution in [-0.4, -0.2) is 11.5 Å². The molecule has 1 unspecified atom stereocenters. The average Bonchev–Trinajstić information content (AvgIpc) is 2.76. The van der Waals surface area contributed by atoms with E-state index in [2.05, 4.69) is 41.5 Å². The van der Waals surface area contributed by atoms with E-state index in [0.717, 1.165) is 31.0 Å². The Balaban J connectivity index is 1.85. The Morgan fingerprint density at radius 1 is 1.41 bits per heavy atom. The lowest BCUT2D eigenvalue weighted by molar-refractivity contribution is 0.457. The standard InChI is InChI=1S/C14H16N2O/c1-2-15-8-13-14(17-9-16-13)12-7-10-5-3-4-6-11(10)12/h3-6,9,12,15H,2,7-8H2,1H3. The average molecular weight is 228 g/mol. The van der Waals surface area contributed by atoms with Crippen LogP contribution < -0.4 is 5.32 Å². The van der Waals surface area contributed by atoms with Gasteiger partial charge in [-0.05, 0) is 24.1 Å². The molecule has 1 aromatic carbocycles. The summed E-state index contributed by atoms with van der Waals surface area (Å²) in [5, 5.41) is 3.30. The molecule has 1 atom stereocenters. The fourth-order valence-corrected chi connectivity index (χ4v) is 2.43. The molecular formula is C14H16N2O. The van der Waals surface area contributed by atoms with Gasteiger partial charge in [0.1, 0.15) is 5.76 Å². The van der Waals surface area contributed by atoms with Crippen molar-refractivity contribution in [2.24, 2.45) is 0 Å². The van der Waals surface area contributed by atoms with E-state index < -0.39 is 0 Å². The SMILES string of the molecule is CCNCc1ncoc1C1Cc2ccccc21. The first-order valence-corrected chi connectivity index (χ1v) is 6.11. The lowest BCUT2D eigenvalue weighted by atomic mass is 9.76. The van der Waals surface area contributed by atoms with Crippen LogP contribution in [0.3, 0.4) is 0 Å².